The van der Waals surface area contributed by atoms with E-state index in [2.05, 4.69) is 19.6 Å². The van der Waals surface area contributed by atoms with Crippen LogP contribution in [0.3, 0.4) is 0 Å². The van der Waals surface area contributed by atoms with Crippen LogP contribution in [0, 0.1) is 0 Å². The first-order chi connectivity index (χ1) is 11.8. The summed E-state index contributed by atoms with van der Waals surface area (Å²) >= 11 is 1.19. The van der Waals surface area contributed by atoms with Gasteiger partial charge in [-0.3, -0.25) is 9.20 Å². The van der Waals surface area contributed by atoms with Crippen molar-refractivity contribution in [3.8, 4) is 0 Å². The standard InChI is InChI=1S/C16H18N6OS/c1-2-11-14(24-20-19-11)15(23)22-8-4-3-5-13(22)12-6-9-21-10-7-17-16(21)18-12/h6-7,9-10,13H,2-5,8H2,1H3/t13-/m1/s1. The van der Waals surface area contributed by atoms with E-state index in [9.17, 15) is 4.79 Å². The molecule has 4 rings (SSSR count). The third-order valence-corrected chi connectivity index (χ3v) is 5.23. The molecule has 0 aliphatic carbocycles. The molecule has 1 amide bonds. The Morgan fingerprint density at radius 2 is 2.29 bits per heavy atom. The van der Waals surface area contributed by atoms with Crippen molar-refractivity contribution in [2.75, 3.05) is 6.54 Å². The highest BCUT2D eigenvalue weighted by molar-refractivity contribution is 7.08. The Morgan fingerprint density at radius 3 is 3.17 bits per heavy atom. The Hall–Kier alpha value is -2.35. The Labute approximate surface area is 143 Å². The predicted octanol–water partition coefficient (Wildman–Crippen LogP) is 2.51. The van der Waals surface area contributed by atoms with Crippen molar-refractivity contribution < 1.29 is 4.79 Å². The molecule has 1 atom stereocenters. The number of piperidine rings is 1. The fraction of sp³-hybridized carbons (Fsp3) is 0.438. The van der Waals surface area contributed by atoms with Crippen LogP contribution in [0.5, 0.6) is 0 Å². The van der Waals surface area contributed by atoms with Crippen LogP contribution in [0.1, 0.15) is 53.3 Å². The first-order valence-electron chi connectivity index (χ1n) is 8.19. The summed E-state index contributed by atoms with van der Waals surface area (Å²) in [5.41, 5.74) is 1.68. The second kappa shape index (κ2) is 6.27. The molecule has 24 heavy (non-hydrogen) atoms. The number of carbonyl (C=O) groups is 1. The highest BCUT2D eigenvalue weighted by Gasteiger charge is 2.32. The van der Waals surface area contributed by atoms with Crippen molar-refractivity contribution in [3.05, 3.63) is 40.9 Å². The number of carbonyl (C=O) groups excluding carboxylic acids is 1. The zero-order chi connectivity index (χ0) is 16.5. The number of rotatable bonds is 3. The average Bonchev–Trinajstić information content (AvgIpc) is 3.29. The molecule has 1 saturated heterocycles. The number of aromatic nitrogens is 5. The van der Waals surface area contributed by atoms with Crippen molar-refractivity contribution in [3.63, 3.8) is 0 Å². The maximum absolute atomic E-state index is 13.0. The summed E-state index contributed by atoms with van der Waals surface area (Å²) in [6.45, 7) is 2.74. The number of amides is 1. The average molecular weight is 342 g/mol. The maximum Gasteiger partial charge on any atom is 0.268 e. The van der Waals surface area contributed by atoms with Crippen LogP contribution in [0.25, 0.3) is 5.78 Å². The quantitative estimate of drug-likeness (QED) is 0.731. The fourth-order valence-corrected chi connectivity index (χ4v) is 3.92. The van der Waals surface area contributed by atoms with Gasteiger partial charge in [-0.2, -0.15) is 0 Å². The van der Waals surface area contributed by atoms with Gasteiger partial charge in [-0.25, -0.2) is 9.97 Å². The molecule has 1 fully saturated rings. The largest absolute Gasteiger partial charge is 0.329 e. The molecule has 7 nitrogen and oxygen atoms in total. The molecule has 0 spiro atoms. The highest BCUT2D eigenvalue weighted by atomic mass is 32.1. The van der Waals surface area contributed by atoms with Crippen LogP contribution < -0.4 is 0 Å². The van der Waals surface area contributed by atoms with Crippen molar-refractivity contribution in [1.29, 1.82) is 0 Å². The molecule has 0 radical (unpaired) electrons. The number of aryl methyl sites for hydroxylation is 1. The van der Waals surface area contributed by atoms with Crippen LogP contribution in [0.2, 0.25) is 0 Å². The lowest BCUT2D eigenvalue weighted by atomic mass is 9.98. The van der Waals surface area contributed by atoms with Crippen molar-refractivity contribution in [2.45, 2.75) is 38.6 Å². The molecular weight excluding hydrogens is 324 g/mol. The topological polar surface area (TPSA) is 76.3 Å². The second-order valence-corrected chi connectivity index (χ2v) is 6.65. The van der Waals surface area contributed by atoms with E-state index in [1.807, 2.05) is 34.7 Å². The lowest BCUT2D eigenvalue weighted by molar-refractivity contribution is 0.0610. The number of hydrogen-bond acceptors (Lipinski definition) is 6. The lowest BCUT2D eigenvalue weighted by Crippen LogP contribution is -2.39. The van der Waals surface area contributed by atoms with Crippen LogP contribution >= 0.6 is 11.5 Å². The number of fused-ring (bicyclic) bond motifs is 1. The number of likely N-dealkylation sites (tertiary alicyclic amines) is 1. The molecule has 0 aromatic carbocycles. The molecule has 4 heterocycles. The van der Waals surface area contributed by atoms with Crippen LogP contribution in [0.4, 0.5) is 0 Å². The van der Waals surface area contributed by atoms with E-state index < -0.39 is 0 Å². The van der Waals surface area contributed by atoms with E-state index in [1.54, 1.807) is 6.20 Å². The van der Waals surface area contributed by atoms with Crippen molar-refractivity contribution >= 4 is 23.2 Å². The van der Waals surface area contributed by atoms with E-state index in [1.165, 1.54) is 11.5 Å². The molecule has 3 aromatic rings. The maximum atomic E-state index is 13.0. The summed E-state index contributed by atoms with van der Waals surface area (Å²) < 4.78 is 5.83. The summed E-state index contributed by atoms with van der Waals surface area (Å²) in [7, 11) is 0. The van der Waals surface area contributed by atoms with Crippen molar-refractivity contribution in [2.24, 2.45) is 0 Å². The summed E-state index contributed by atoms with van der Waals surface area (Å²) in [6.07, 6.45) is 9.29. The molecule has 0 unspecified atom stereocenters. The van der Waals surface area contributed by atoms with Gasteiger partial charge in [0.1, 0.15) is 4.88 Å². The molecule has 124 valence electrons. The monoisotopic (exact) mass is 342 g/mol. The zero-order valence-corrected chi connectivity index (χ0v) is 14.2. The minimum absolute atomic E-state index is 0.0141. The minimum Gasteiger partial charge on any atom is -0.329 e. The minimum atomic E-state index is -0.0141. The molecule has 0 saturated carbocycles. The van der Waals surface area contributed by atoms with Gasteiger partial charge in [0.2, 0.25) is 5.78 Å². The van der Waals surface area contributed by atoms with Crippen molar-refractivity contribution in [1.82, 2.24) is 28.9 Å². The fourth-order valence-electron chi connectivity index (χ4n) is 3.22. The predicted molar refractivity (Wildman–Crippen MR) is 89.9 cm³/mol. The SMILES string of the molecule is CCc1nnsc1C(=O)N1CCCC[C@@H]1c1ccn2ccnc2n1. The van der Waals surface area contributed by atoms with E-state index in [4.69, 9.17) is 0 Å². The van der Waals surface area contributed by atoms with Gasteiger partial charge in [-0.05, 0) is 43.3 Å². The molecule has 1 aliphatic heterocycles. The second-order valence-electron chi connectivity index (χ2n) is 5.90. The van der Waals surface area contributed by atoms with Gasteiger partial charge in [-0.1, -0.05) is 11.4 Å². The van der Waals surface area contributed by atoms with Crippen LogP contribution in [0.15, 0.2) is 24.7 Å². The first-order valence-corrected chi connectivity index (χ1v) is 8.97. The van der Waals surface area contributed by atoms with Gasteiger partial charge in [0.15, 0.2) is 0 Å². The molecule has 0 bridgehead atoms. The summed E-state index contributed by atoms with van der Waals surface area (Å²) in [5.74, 6) is 0.691. The van der Waals surface area contributed by atoms with Gasteiger partial charge in [0.25, 0.3) is 5.91 Å². The van der Waals surface area contributed by atoms with Crippen LogP contribution in [-0.4, -0.2) is 41.3 Å². The molecular formula is C16H18N6OS. The van der Waals surface area contributed by atoms with Gasteiger partial charge in [0, 0.05) is 25.1 Å². The Morgan fingerprint density at radius 1 is 1.38 bits per heavy atom. The lowest BCUT2D eigenvalue weighted by Gasteiger charge is -2.35. The highest BCUT2D eigenvalue weighted by Crippen LogP contribution is 2.32. The smallest absolute Gasteiger partial charge is 0.268 e. The zero-order valence-electron chi connectivity index (χ0n) is 13.4. The van der Waals surface area contributed by atoms with Gasteiger partial charge >= 0.3 is 0 Å². The third kappa shape index (κ3) is 2.56. The first kappa shape index (κ1) is 15.2. The third-order valence-electron chi connectivity index (χ3n) is 4.47. The van der Waals surface area contributed by atoms with Gasteiger partial charge < -0.3 is 4.90 Å². The Kier molecular flexibility index (Phi) is 3.97. The number of hydrogen-bond donors (Lipinski definition) is 0. The summed E-state index contributed by atoms with van der Waals surface area (Å²) in [4.78, 5) is 24.5. The molecule has 8 heteroatoms. The summed E-state index contributed by atoms with van der Waals surface area (Å²) in [5, 5.41) is 4.07. The Balaban J connectivity index is 1.68. The number of nitrogens with zero attached hydrogens (tertiary/aromatic N) is 6. The van der Waals surface area contributed by atoms with Gasteiger partial charge in [-0.15, -0.1) is 5.10 Å². The van der Waals surface area contributed by atoms with Gasteiger partial charge in [0.05, 0.1) is 17.4 Å². The van der Waals surface area contributed by atoms with Crippen LogP contribution in [-0.2, 0) is 6.42 Å². The summed E-state index contributed by atoms with van der Waals surface area (Å²) in [6, 6.07) is 1.97. The van der Waals surface area contributed by atoms with E-state index >= 15 is 0 Å². The number of imidazole rings is 1. The van der Waals surface area contributed by atoms with E-state index in [0.717, 1.165) is 37.2 Å². The molecule has 1 aliphatic rings. The Bertz CT molecular complexity index is 872. The normalized spacial score (nSPS) is 18.2. The van der Waals surface area contributed by atoms with E-state index in [0.29, 0.717) is 17.1 Å². The van der Waals surface area contributed by atoms with E-state index in [-0.39, 0.29) is 11.9 Å². The molecule has 3 aromatic heterocycles. The molecule has 0 N–H and O–H groups in total.